The average Bonchev–Trinajstić information content (AvgIpc) is 2.75. The molecule has 0 amide bonds. The predicted octanol–water partition coefficient (Wildman–Crippen LogP) is 2.04. The SMILES string of the molecule is CCNC1(C(=O)OCC)CCC(N(C)CC(C)C)C1. The number of carbonyl (C=O) groups is 1. The Kier molecular flexibility index (Phi) is 6.27. The van der Waals surface area contributed by atoms with Crippen LogP contribution in [0.1, 0.15) is 47.0 Å². The van der Waals surface area contributed by atoms with Crippen LogP contribution in [-0.2, 0) is 9.53 Å². The summed E-state index contributed by atoms with van der Waals surface area (Å²) < 4.78 is 5.27. The Bertz CT molecular complexity index is 294. The van der Waals surface area contributed by atoms with E-state index in [1.54, 1.807) is 0 Å². The zero-order valence-electron chi connectivity index (χ0n) is 13.2. The lowest BCUT2D eigenvalue weighted by atomic mass is 9.97. The number of carbonyl (C=O) groups excluding carboxylic acids is 1. The van der Waals surface area contributed by atoms with Crippen molar-refractivity contribution in [3.05, 3.63) is 0 Å². The molecule has 0 bridgehead atoms. The summed E-state index contributed by atoms with van der Waals surface area (Å²) >= 11 is 0. The Hall–Kier alpha value is -0.610. The molecule has 0 aromatic heterocycles. The van der Waals surface area contributed by atoms with Crippen LogP contribution >= 0.6 is 0 Å². The van der Waals surface area contributed by atoms with E-state index in [0.29, 0.717) is 18.6 Å². The number of likely N-dealkylation sites (N-methyl/N-ethyl adjacent to an activating group) is 1. The summed E-state index contributed by atoms with van der Waals surface area (Å²) in [5, 5.41) is 3.38. The van der Waals surface area contributed by atoms with E-state index in [1.807, 2.05) is 13.8 Å². The van der Waals surface area contributed by atoms with Crippen molar-refractivity contribution in [3.63, 3.8) is 0 Å². The number of esters is 1. The molecule has 1 fully saturated rings. The molecule has 4 heteroatoms. The van der Waals surface area contributed by atoms with Gasteiger partial charge in [0.05, 0.1) is 6.61 Å². The van der Waals surface area contributed by atoms with Crippen LogP contribution < -0.4 is 5.32 Å². The van der Waals surface area contributed by atoms with Gasteiger partial charge < -0.3 is 15.0 Å². The summed E-state index contributed by atoms with van der Waals surface area (Å²) in [6, 6.07) is 0.478. The fourth-order valence-electron chi connectivity index (χ4n) is 3.15. The van der Waals surface area contributed by atoms with Gasteiger partial charge >= 0.3 is 5.97 Å². The van der Waals surface area contributed by atoms with Crippen LogP contribution in [0.15, 0.2) is 0 Å². The second kappa shape index (κ2) is 7.25. The lowest BCUT2D eigenvalue weighted by Crippen LogP contribution is -2.52. The Labute approximate surface area is 117 Å². The number of hydrogen-bond acceptors (Lipinski definition) is 4. The quantitative estimate of drug-likeness (QED) is 0.719. The van der Waals surface area contributed by atoms with E-state index < -0.39 is 5.54 Å². The standard InChI is InChI=1S/C15H30N2O2/c1-6-16-15(14(18)19-7-2)9-8-13(10-15)17(5)11-12(3)4/h12-13,16H,6-11H2,1-5H3. The fourth-order valence-corrected chi connectivity index (χ4v) is 3.15. The average molecular weight is 270 g/mol. The number of ether oxygens (including phenoxy) is 1. The monoisotopic (exact) mass is 270 g/mol. The summed E-state index contributed by atoms with van der Waals surface area (Å²) in [7, 11) is 2.16. The van der Waals surface area contributed by atoms with Crippen LogP contribution in [0.4, 0.5) is 0 Å². The van der Waals surface area contributed by atoms with E-state index in [4.69, 9.17) is 4.74 Å². The normalized spacial score (nSPS) is 27.2. The van der Waals surface area contributed by atoms with Gasteiger partial charge in [-0.2, -0.15) is 0 Å². The first-order chi connectivity index (χ1) is 8.95. The van der Waals surface area contributed by atoms with Gasteiger partial charge in [0.1, 0.15) is 5.54 Å². The Morgan fingerprint density at radius 3 is 2.68 bits per heavy atom. The third-order valence-electron chi connectivity index (χ3n) is 3.95. The summed E-state index contributed by atoms with van der Waals surface area (Å²) in [6.45, 7) is 10.7. The molecule has 0 aliphatic heterocycles. The first-order valence-electron chi connectivity index (χ1n) is 7.57. The Morgan fingerprint density at radius 2 is 2.16 bits per heavy atom. The van der Waals surface area contributed by atoms with Crippen molar-refractivity contribution in [1.82, 2.24) is 10.2 Å². The van der Waals surface area contributed by atoms with Gasteiger partial charge in [0.25, 0.3) is 0 Å². The molecule has 19 heavy (non-hydrogen) atoms. The molecular weight excluding hydrogens is 240 g/mol. The lowest BCUT2D eigenvalue weighted by Gasteiger charge is -2.30. The van der Waals surface area contributed by atoms with Crippen molar-refractivity contribution in [2.24, 2.45) is 5.92 Å². The molecule has 112 valence electrons. The minimum atomic E-state index is -0.458. The van der Waals surface area contributed by atoms with E-state index in [2.05, 4.69) is 31.1 Å². The number of nitrogens with zero attached hydrogens (tertiary/aromatic N) is 1. The highest BCUT2D eigenvalue weighted by Gasteiger charge is 2.46. The second-order valence-electron chi connectivity index (χ2n) is 6.06. The lowest BCUT2D eigenvalue weighted by molar-refractivity contribution is -0.151. The van der Waals surface area contributed by atoms with Crippen molar-refractivity contribution in [2.45, 2.75) is 58.5 Å². The summed E-state index contributed by atoms with van der Waals surface area (Å²) in [4.78, 5) is 14.6. The molecule has 1 aliphatic rings. The third-order valence-corrected chi connectivity index (χ3v) is 3.95. The van der Waals surface area contributed by atoms with Gasteiger partial charge in [0, 0.05) is 12.6 Å². The molecule has 0 radical (unpaired) electrons. The Balaban J connectivity index is 2.68. The summed E-state index contributed by atoms with van der Waals surface area (Å²) in [5.41, 5.74) is -0.458. The highest BCUT2D eigenvalue weighted by Crippen LogP contribution is 2.34. The van der Waals surface area contributed by atoms with E-state index in [0.717, 1.165) is 32.4 Å². The molecular formula is C15H30N2O2. The van der Waals surface area contributed by atoms with Gasteiger partial charge in [-0.15, -0.1) is 0 Å². The van der Waals surface area contributed by atoms with E-state index in [-0.39, 0.29) is 5.97 Å². The zero-order chi connectivity index (χ0) is 14.5. The first kappa shape index (κ1) is 16.4. The third kappa shape index (κ3) is 4.18. The molecule has 1 N–H and O–H groups in total. The fraction of sp³-hybridized carbons (Fsp3) is 0.933. The molecule has 2 atom stereocenters. The second-order valence-corrected chi connectivity index (χ2v) is 6.06. The number of nitrogens with one attached hydrogen (secondary N) is 1. The van der Waals surface area contributed by atoms with E-state index in [9.17, 15) is 4.79 Å². The smallest absolute Gasteiger partial charge is 0.326 e. The molecule has 1 saturated carbocycles. The van der Waals surface area contributed by atoms with E-state index >= 15 is 0 Å². The van der Waals surface area contributed by atoms with Gasteiger partial charge in [-0.3, -0.25) is 4.79 Å². The summed E-state index contributed by atoms with van der Waals surface area (Å²) in [5.74, 6) is 0.582. The number of rotatable bonds is 7. The van der Waals surface area contributed by atoms with Gasteiger partial charge in [-0.05, 0) is 45.7 Å². The van der Waals surface area contributed by atoms with Gasteiger partial charge in [-0.25, -0.2) is 0 Å². The maximum absolute atomic E-state index is 12.2. The molecule has 0 aromatic carbocycles. The van der Waals surface area contributed by atoms with Crippen molar-refractivity contribution in [1.29, 1.82) is 0 Å². The van der Waals surface area contributed by atoms with Gasteiger partial charge in [0.15, 0.2) is 0 Å². The molecule has 0 saturated heterocycles. The predicted molar refractivity (Wildman–Crippen MR) is 78.1 cm³/mol. The molecule has 2 unspecified atom stereocenters. The summed E-state index contributed by atoms with van der Waals surface area (Å²) in [6.07, 6.45) is 2.81. The van der Waals surface area contributed by atoms with Crippen LogP contribution in [0, 0.1) is 5.92 Å². The largest absolute Gasteiger partial charge is 0.465 e. The van der Waals surface area contributed by atoms with Crippen LogP contribution in [0.5, 0.6) is 0 Å². The molecule has 4 nitrogen and oxygen atoms in total. The highest BCUT2D eigenvalue weighted by atomic mass is 16.5. The van der Waals surface area contributed by atoms with Gasteiger partial charge in [0.2, 0.25) is 0 Å². The Morgan fingerprint density at radius 1 is 1.47 bits per heavy atom. The van der Waals surface area contributed by atoms with Crippen LogP contribution in [0.2, 0.25) is 0 Å². The van der Waals surface area contributed by atoms with Crippen molar-refractivity contribution in [2.75, 3.05) is 26.7 Å². The topological polar surface area (TPSA) is 41.6 Å². The van der Waals surface area contributed by atoms with Crippen LogP contribution in [0.25, 0.3) is 0 Å². The van der Waals surface area contributed by atoms with E-state index in [1.165, 1.54) is 0 Å². The van der Waals surface area contributed by atoms with Crippen molar-refractivity contribution >= 4 is 5.97 Å². The zero-order valence-corrected chi connectivity index (χ0v) is 13.2. The van der Waals surface area contributed by atoms with Crippen molar-refractivity contribution < 1.29 is 9.53 Å². The molecule has 0 heterocycles. The first-order valence-corrected chi connectivity index (χ1v) is 7.57. The van der Waals surface area contributed by atoms with Crippen LogP contribution in [-0.4, -0.2) is 49.2 Å². The van der Waals surface area contributed by atoms with Crippen molar-refractivity contribution in [3.8, 4) is 0 Å². The maximum Gasteiger partial charge on any atom is 0.326 e. The molecule has 0 spiro atoms. The minimum absolute atomic E-state index is 0.0719. The molecule has 1 aliphatic carbocycles. The highest BCUT2D eigenvalue weighted by molar-refractivity contribution is 5.81. The maximum atomic E-state index is 12.2. The van der Waals surface area contributed by atoms with Gasteiger partial charge in [-0.1, -0.05) is 20.8 Å². The molecule has 1 rings (SSSR count). The minimum Gasteiger partial charge on any atom is -0.465 e. The number of hydrogen-bond donors (Lipinski definition) is 1. The van der Waals surface area contributed by atoms with Crippen LogP contribution in [0.3, 0.4) is 0 Å². The molecule has 0 aromatic rings.